The van der Waals surface area contributed by atoms with Crippen molar-refractivity contribution >= 4 is 43.2 Å². The number of hydrogen-bond donors (Lipinski definition) is 1. The second-order valence-corrected chi connectivity index (χ2v) is 6.19. The Balaban J connectivity index is 2.09. The predicted molar refractivity (Wildman–Crippen MR) is 62.3 cm³/mol. The third-order valence-electron chi connectivity index (χ3n) is 1.91. The lowest BCUT2D eigenvalue weighted by Gasteiger charge is -2.07. The minimum Gasteiger partial charge on any atom is -0.345 e. The van der Waals surface area contributed by atoms with Crippen LogP contribution in [0.2, 0.25) is 0 Å². The minimum atomic E-state index is -0.254. The highest BCUT2D eigenvalue weighted by Crippen LogP contribution is 2.38. The van der Waals surface area contributed by atoms with E-state index in [9.17, 15) is 0 Å². The van der Waals surface area contributed by atoms with Gasteiger partial charge in [-0.25, -0.2) is 0 Å². The molecule has 0 amide bonds. The fraction of sp³-hybridized carbons (Fsp3) is 0.500. The van der Waals surface area contributed by atoms with E-state index in [2.05, 4.69) is 31.9 Å². The van der Waals surface area contributed by atoms with Crippen LogP contribution in [0, 0.1) is 0 Å². The van der Waals surface area contributed by atoms with Gasteiger partial charge in [-0.2, -0.15) is 0 Å². The molecule has 1 aromatic heterocycles. The number of hydrogen-bond acceptors (Lipinski definition) is 4. The molecule has 1 aliphatic heterocycles. The third kappa shape index (κ3) is 2.20. The van der Waals surface area contributed by atoms with Crippen LogP contribution >= 0.6 is 43.2 Å². The molecule has 78 valence electrons. The van der Waals surface area contributed by atoms with E-state index in [1.54, 1.807) is 11.3 Å². The lowest BCUT2D eigenvalue weighted by molar-refractivity contribution is -0.0559. The molecule has 1 aliphatic rings. The highest BCUT2D eigenvalue weighted by molar-refractivity contribution is 9.13. The lowest BCUT2D eigenvalue weighted by atomic mass is 10.4. The molecule has 14 heavy (non-hydrogen) atoms. The van der Waals surface area contributed by atoms with E-state index in [4.69, 9.17) is 15.2 Å². The zero-order valence-electron chi connectivity index (χ0n) is 7.20. The van der Waals surface area contributed by atoms with Crippen LogP contribution < -0.4 is 5.73 Å². The van der Waals surface area contributed by atoms with Gasteiger partial charge in [-0.1, -0.05) is 0 Å². The summed E-state index contributed by atoms with van der Waals surface area (Å²) in [5.74, 6) is 0. The number of rotatable bonds is 2. The van der Waals surface area contributed by atoms with Crippen LogP contribution in [0.5, 0.6) is 0 Å². The van der Waals surface area contributed by atoms with Crippen molar-refractivity contribution in [1.82, 2.24) is 0 Å². The van der Waals surface area contributed by atoms with E-state index >= 15 is 0 Å². The van der Waals surface area contributed by atoms with E-state index in [1.807, 2.05) is 6.07 Å². The van der Waals surface area contributed by atoms with Gasteiger partial charge in [0.05, 0.1) is 21.4 Å². The van der Waals surface area contributed by atoms with E-state index < -0.39 is 0 Å². The van der Waals surface area contributed by atoms with Crippen LogP contribution in [0.25, 0.3) is 0 Å². The largest absolute Gasteiger partial charge is 0.345 e. The normalized spacial score (nSPS) is 27.1. The molecule has 0 spiro atoms. The summed E-state index contributed by atoms with van der Waals surface area (Å²) < 4.78 is 13.1. The first-order valence-corrected chi connectivity index (χ1v) is 6.53. The predicted octanol–water partition coefficient (Wildman–Crippen LogP) is 2.65. The Morgan fingerprint density at radius 1 is 1.57 bits per heavy atom. The molecule has 1 saturated heterocycles. The maximum atomic E-state index is 5.59. The summed E-state index contributed by atoms with van der Waals surface area (Å²) in [6, 6.07) is 2.00. The van der Waals surface area contributed by atoms with Gasteiger partial charge in [-0.05, 0) is 37.9 Å². The van der Waals surface area contributed by atoms with Gasteiger partial charge in [-0.15, -0.1) is 11.3 Å². The van der Waals surface area contributed by atoms with Gasteiger partial charge in [0, 0.05) is 11.0 Å². The van der Waals surface area contributed by atoms with Crippen LogP contribution in [-0.4, -0.2) is 19.3 Å². The smallest absolute Gasteiger partial charge is 0.193 e. The van der Waals surface area contributed by atoms with E-state index in [1.165, 1.54) is 0 Å². The van der Waals surface area contributed by atoms with Gasteiger partial charge in [0.25, 0.3) is 0 Å². The van der Waals surface area contributed by atoms with Crippen LogP contribution in [0.15, 0.2) is 14.3 Å². The Kier molecular flexibility index (Phi) is 3.62. The summed E-state index contributed by atoms with van der Waals surface area (Å²) in [7, 11) is 0. The van der Waals surface area contributed by atoms with E-state index in [0.717, 1.165) is 13.1 Å². The fourth-order valence-electron chi connectivity index (χ4n) is 1.20. The Hall–Kier alpha value is 0.540. The number of halogens is 2. The Morgan fingerprint density at radius 2 is 2.36 bits per heavy atom. The molecule has 2 rings (SSSR count). The summed E-state index contributed by atoms with van der Waals surface area (Å²) in [6.07, 6.45) is -0.226. The molecule has 0 aliphatic carbocycles. The quantitative estimate of drug-likeness (QED) is 0.898. The number of nitrogens with two attached hydrogens (primary N) is 1. The number of ether oxygens (including phenoxy) is 2. The molecule has 3 nitrogen and oxygen atoms in total. The molecule has 0 bridgehead atoms. The van der Waals surface area contributed by atoms with Gasteiger partial charge in [-0.3, -0.25) is 0 Å². The van der Waals surface area contributed by atoms with Gasteiger partial charge >= 0.3 is 0 Å². The Morgan fingerprint density at radius 3 is 2.86 bits per heavy atom. The lowest BCUT2D eigenvalue weighted by Crippen LogP contribution is -2.21. The first-order valence-electron chi connectivity index (χ1n) is 4.12. The molecule has 1 fully saturated rings. The molecule has 0 aromatic carbocycles. The zero-order valence-corrected chi connectivity index (χ0v) is 11.2. The zero-order chi connectivity index (χ0) is 10.1. The van der Waals surface area contributed by atoms with Crippen molar-refractivity contribution in [1.29, 1.82) is 0 Å². The monoisotopic (exact) mass is 341 g/mol. The second kappa shape index (κ2) is 4.59. The first kappa shape index (κ1) is 11.0. The van der Waals surface area contributed by atoms with Crippen molar-refractivity contribution in [3.8, 4) is 0 Å². The van der Waals surface area contributed by atoms with Gasteiger partial charge in [0.15, 0.2) is 6.29 Å². The molecular formula is C8H9Br2NO2S. The summed E-state index contributed by atoms with van der Waals surface area (Å²) in [5, 5.41) is 0. The van der Waals surface area contributed by atoms with Crippen LogP contribution in [0.1, 0.15) is 11.2 Å². The molecule has 2 atom stereocenters. The molecule has 0 radical (unpaired) electrons. The molecular weight excluding hydrogens is 334 g/mol. The highest BCUT2D eigenvalue weighted by atomic mass is 79.9. The highest BCUT2D eigenvalue weighted by Gasteiger charge is 2.27. The van der Waals surface area contributed by atoms with Crippen LogP contribution in [0.4, 0.5) is 0 Å². The maximum absolute atomic E-state index is 5.59. The fourth-order valence-corrected chi connectivity index (χ4v) is 3.28. The van der Waals surface area contributed by atoms with Crippen molar-refractivity contribution in [3.05, 3.63) is 19.2 Å². The third-order valence-corrected chi connectivity index (χ3v) is 5.19. The number of thiophene rings is 1. The van der Waals surface area contributed by atoms with Crippen LogP contribution in [-0.2, 0) is 9.47 Å². The van der Waals surface area contributed by atoms with Crippen molar-refractivity contribution in [3.63, 3.8) is 0 Å². The van der Waals surface area contributed by atoms with Gasteiger partial charge in [0.1, 0.15) is 0 Å². The van der Waals surface area contributed by atoms with Crippen molar-refractivity contribution in [2.24, 2.45) is 5.73 Å². The molecule has 2 unspecified atom stereocenters. The maximum Gasteiger partial charge on any atom is 0.193 e. The van der Waals surface area contributed by atoms with Gasteiger partial charge < -0.3 is 15.2 Å². The second-order valence-electron chi connectivity index (χ2n) is 2.93. The Bertz CT molecular complexity index is 312. The molecule has 1 aromatic rings. The minimum absolute atomic E-state index is 0.0275. The van der Waals surface area contributed by atoms with Crippen molar-refractivity contribution in [2.75, 3.05) is 13.2 Å². The molecule has 0 saturated carbocycles. The van der Waals surface area contributed by atoms with Gasteiger partial charge in [0.2, 0.25) is 0 Å². The van der Waals surface area contributed by atoms with E-state index in [-0.39, 0.29) is 12.4 Å². The van der Waals surface area contributed by atoms with Crippen molar-refractivity contribution in [2.45, 2.75) is 12.4 Å². The molecule has 2 N–H and O–H groups in total. The molecule has 6 heteroatoms. The van der Waals surface area contributed by atoms with E-state index in [0.29, 0.717) is 13.2 Å². The Labute approximate surface area is 103 Å². The molecule has 2 heterocycles. The summed E-state index contributed by atoms with van der Waals surface area (Å²) in [6.45, 7) is 1.08. The average molecular weight is 343 g/mol. The SMILES string of the molecule is NCC1COC(c2cc(Br)c(Br)s2)O1. The van der Waals surface area contributed by atoms with Crippen LogP contribution in [0.3, 0.4) is 0 Å². The topological polar surface area (TPSA) is 44.5 Å². The summed E-state index contributed by atoms with van der Waals surface area (Å²) >= 11 is 8.46. The van der Waals surface area contributed by atoms with Crippen molar-refractivity contribution < 1.29 is 9.47 Å². The summed E-state index contributed by atoms with van der Waals surface area (Å²) in [5.41, 5.74) is 5.49. The standard InChI is InChI=1S/C8H9Br2NO2S/c9-5-1-6(14-7(5)10)8-12-3-4(2-11)13-8/h1,4,8H,2-3,11H2. The summed E-state index contributed by atoms with van der Waals surface area (Å²) in [4.78, 5) is 1.06. The first-order chi connectivity index (χ1) is 6.70. The average Bonchev–Trinajstić information content (AvgIpc) is 2.74.